The zero-order valence-electron chi connectivity index (χ0n) is 10.7. The number of rotatable bonds is 3. The lowest BCUT2D eigenvalue weighted by Crippen LogP contribution is -2.26. The van der Waals surface area contributed by atoms with Crippen molar-refractivity contribution in [3.63, 3.8) is 0 Å². The highest BCUT2D eigenvalue weighted by Crippen LogP contribution is 2.27. The van der Waals surface area contributed by atoms with Crippen molar-refractivity contribution in [1.82, 2.24) is 9.78 Å². The summed E-state index contributed by atoms with van der Waals surface area (Å²) in [7, 11) is 1.88. The Bertz CT molecular complexity index is 448. The largest absolute Gasteiger partial charge is 0.296 e. The van der Waals surface area contributed by atoms with Crippen LogP contribution in [-0.4, -0.2) is 22.2 Å². The fraction of sp³-hybridized carbons (Fsp3) is 0.538. The van der Waals surface area contributed by atoms with Crippen LogP contribution in [0.4, 0.5) is 5.82 Å². The van der Waals surface area contributed by atoms with E-state index in [1.165, 1.54) is 0 Å². The number of hydrogen-bond acceptors (Lipinski definition) is 2. The van der Waals surface area contributed by atoms with Crippen molar-refractivity contribution >= 4 is 11.7 Å². The minimum Gasteiger partial charge on any atom is -0.296 e. The highest BCUT2D eigenvalue weighted by atomic mass is 16.2. The minimum atomic E-state index is 0.160. The van der Waals surface area contributed by atoms with Crippen molar-refractivity contribution in [3.8, 4) is 0 Å². The molecule has 1 fully saturated rings. The van der Waals surface area contributed by atoms with Gasteiger partial charge in [-0.1, -0.05) is 19.9 Å². The Kier molecular flexibility index (Phi) is 3.05. The van der Waals surface area contributed by atoms with Crippen molar-refractivity contribution in [2.75, 3.05) is 11.4 Å². The van der Waals surface area contributed by atoms with E-state index in [0.717, 1.165) is 18.1 Å². The first-order chi connectivity index (χ1) is 8.02. The van der Waals surface area contributed by atoms with Crippen LogP contribution in [0, 0.1) is 5.92 Å². The van der Waals surface area contributed by atoms with Crippen LogP contribution in [0.25, 0.3) is 0 Å². The van der Waals surface area contributed by atoms with Gasteiger partial charge in [0.1, 0.15) is 5.82 Å². The lowest BCUT2D eigenvalue weighted by Gasteiger charge is -2.15. The van der Waals surface area contributed by atoms with Crippen molar-refractivity contribution in [2.45, 2.75) is 26.2 Å². The van der Waals surface area contributed by atoms with E-state index in [9.17, 15) is 4.79 Å². The molecule has 1 atom stereocenters. The molecule has 0 spiro atoms. The maximum Gasteiger partial charge on any atom is 0.228 e. The van der Waals surface area contributed by atoms with E-state index in [0.29, 0.717) is 12.3 Å². The van der Waals surface area contributed by atoms with Crippen LogP contribution >= 0.6 is 0 Å². The second kappa shape index (κ2) is 4.35. The average Bonchev–Trinajstić information content (AvgIpc) is 2.81. The maximum atomic E-state index is 11.9. The number of carbonyl (C=O) groups excluding carboxylic acids is 1. The summed E-state index contributed by atoms with van der Waals surface area (Å²) in [5.41, 5.74) is 1.03. The summed E-state index contributed by atoms with van der Waals surface area (Å²) in [4.78, 5) is 13.7. The van der Waals surface area contributed by atoms with Crippen molar-refractivity contribution in [2.24, 2.45) is 13.0 Å². The van der Waals surface area contributed by atoms with E-state index in [1.54, 1.807) is 4.68 Å². The Morgan fingerprint density at radius 3 is 2.76 bits per heavy atom. The van der Waals surface area contributed by atoms with Gasteiger partial charge in [0.05, 0.1) is 5.69 Å². The Labute approximate surface area is 102 Å². The summed E-state index contributed by atoms with van der Waals surface area (Å²) in [6, 6.07) is 2.01. The summed E-state index contributed by atoms with van der Waals surface area (Å²) < 4.78 is 1.79. The van der Waals surface area contributed by atoms with E-state index in [-0.39, 0.29) is 11.8 Å². The van der Waals surface area contributed by atoms with Crippen LogP contribution in [0.2, 0.25) is 0 Å². The maximum absolute atomic E-state index is 11.9. The molecule has 2 rings (SSSR count). The SMILES string of the molecule is C=CC1CC(=O)N(c2cc(C(C)C)nn2C)C1. The second-order valence-electron chi connectivity index (χ2n) is 4.91. The monoisotopic (exact) mass is 233 g/mol. The van der Waals surface area contributed by atoms with Crippen LogP contribution in [0.5, 0.6) is 0 Å². The number of anilines is 1. The highest BCUT2D eigenvalue weighted by Gasteiger charge is 2.30. The summed E-state index contributed by atoms with van der Waals surface area (Å²) in [6.45, 7) is 8.68. The lowest BCUT2D eigenvalue weighted by molar-refractivity contribution is -0.117. The second-order valence-corrected chi connectivity index (χ2v) is 4.91. The first-order valence-electron chi connectivity index (χ1n) is 5.99. The van der Waals surface area contributed by atoms with E-state index >= 15 is 0 Å². The number of carbonyl (C=O) groups is 1. The van der Waals surface area contributed by atoms with Crippen LogP contribution in [0.15, 0.2) is 18.7 Å². The molecule has 0 bridgehead atoms. The molecule has 0 aromatic carbocycles. The van der Waals surface area contributed by atoms with Gasteiger partial charge in [-0.05, 0) is 5.92 Å². The van der Waals surface area contributed by atoms with E-state index in [4.69, 9.17) is 0 Å². The molecular formula is C13H19N3O. The van der Waals surface area contributed by atoms with Gasteiger partial charge in [0.25, 0.3) is 0 Å². The molecule has 4 nitrogen and oxygen atoms in total. The van der Waals surface area contributed by atoms with Gasteiger partial charge in [0.2, 0.25) is 5.91 Å². The zero-order valence-corrected chi connectivity index (χ0v) is 10.7. The molecule has 1 aliphatic rings. The molecule has 1 aliphatic heterocycles. The smallest absolute Gasteiger partial charge is 0.228 e. The van der Waals surface area contributed by atoms with Crippen LogP contribution in [-0.2, 0) is 11.8 Å². The van der Waals surface area contributed by atoms with Crippen molar-refractivity contribution < 1.29 is 4.79 Å². The fourth-order valence-electron chi connectivity index (χ4n) is 2.13. The summed E-state index contributed by atoms with van der Waals surface area (Å²) in [5.74, 6) is 1.69. The molecule has 0 saturated carbocycles. The van der Waals surface area contributed by atoms with Gasteiger partial charge in [0.15, 0.2) is 0 Å². The standard InChI is InChI=1S/C13H19N3O/c1-5-10-6-13(17)16(8-10)12-7-11(9(2)3)14-15(12)4/h5,7,9-10H,1,6,8H2,2-4H3. The number of amides is 1. The predicted molar refractivity (Wildman–Crippen MR) is 68.0 cm³/mol. The summed E-state index contributed by atoms with van der Waals surface area (Å²) in [6.07, 6.45) is 2.42. The van der Waals surface area contributed by atoms with Gasteiger partial charge in [-0.2, -0.15) is 5.10 Å². The minimum absolute atomic E-state index is 0.160. The summed E-state index contributed by atoms with van der Waals surface area (Å²) >= 11 is 0. The van der Waals surface area contributed by atoms with Crippen molar-refractivity contribution in [3.05, 3.63) is 24.4 Å². The number of aryl methyl sites for hydroxylation is 1. The molecule has 17 heavy (non-hydrogen) atoms. The molecule has 1 aromatic heterocycles. The fourth-order valence-corrected chi connectivity index (χ4v) is 2.13. The Hall–Kier alpha value is -1.58. The molecule has 0 radical (unpaired) electrons. The molecule has 92 valence electrons. The lowest BCUT2D eigenvalue weighted by atomic mass is 10.1. The number of aromatic nitrogens is 2. The molecular weight excluding hydrogens is 214 g/mol. The number of nitrogens with zero attached hydrogens (tertiary/aromatic N) is 3. The van der Waals surface area contributed by atoms with Crippen molar-refractivity contribution in [1.29, 1.82) is 0 Å². The molecule has 1 unspecified atom stereocenters. The highest BCUT2D eigenvalue weighted by molar-refractivity contribution is 5.95. The molecule has 1 amide bonds. The average molecular weight is 233 g/mol. The first kappa shape index (κ1) is 11.9. The van der Waals surface area contributed by atoms with Crippen LogP contribution < -0.4 is 4.90 Å². The Balaban J connectivity index is 2.28. The number of hydrogen-bond donors (Lipinski definition) is 0. The quantitative estimate of drug-likeness (QED) is 0.750. The van der Waals surface area contributed by atoms with Crippen LogP contribution in [0.1, 0.15) is 31.9 Å². The third kappa shape index (κ3) is 2.12. The topological polar surface area (TPSA) is 38.1 Å². The van der Waals surface area contributed by atoms with Gasteiger partial charge in [0, 0.05) is 32.0 Å². The third-order valence-corrected chi connectivity index (χ3v) is 3.23. The molecule has 2 heterocycles. The van der Waals surface area contributed by atoms with Gasteiger partial charge in [-0.3, -0.25) is 14.4 Å². The predicted octanol–water partition coefficient (Wildman–Crippen LogP) is 2.08. The summed E-state index contributed by atoms with van der Waals surface area (Å²) in [5, 5.41) is 4.44. The molecule has 4 heteroatoms. The Morgan fingerprint density at radius 2 is 2.29 bits per heavy atom. The van der Waals surface area contributed by atoms with Gasteiger partial charge >= 0.3 is 0 Å². The third-order valence-electron chi connectivity index (χ3n) is 3.23. The van der Waals surface area contributed by atoms with Gasteiger partial charge < -0.3 is 0 Å². The normalized spacial score (nSPS) is 20.4. The van der Waals surface area contributed by atoms with E-state index in [2.05, 4.69) is 25.5 Å². The van der Waals surface area contributed by atoms with E-state index in [1.807, 2.05) is 24.1 Å². The zero-order chi connectivity index (χ0) is 12.6. The first-order valence-corrected chi connectivity index (χ1v) is 5.99. The molecule has 0 aliphatic carbocycles. The molecule has 0 N–H and O–H groups in total. The Morgan fingerprint density at radius 1 is 1.59 bits per heavy atom. The van der Waals surface area contributed by atoms with Crippen LogP contribution in [0.3, 0.4) is 0 Å². The van der Waals surface area contributed by atoms with E-state index < -0.39 is 0 Å². The molecule has 1 aromatic rings. The van der Waals surface area contributed by atoms with Gasteiger partial charge in [-0.25, -0.2) is 0 Å². The molecule has 1 saturated heterocycles. The van der Waals surface area contributed by atoms with Gasteiger partial charge in [-0.15, -0.1) is 6.58 Å².